The molecule has 4 rings (SSSR count). The van der Waals surface area contributed by atoms with Crippen LogP contribution in [0, 0.1) is 0 Å². The summed E-state index contributed by atoms with van der Waals surface area (Å²) in [4.78, 5) is 32.2. The van der Waals surface area contributed by atoms with Gasteiger partial charge in [-0.25, -0.2) is 28.9 Å². The number of methoxy groups -OCH3 is 3. The fourth-order valence-corrected chi connectivity index (χ4v) is 6.45. The molecule has 15 heteroatoms. The Morgan fingerprint density at radius 1 is 0.778 bits per heavy atom. The molecule has 0 radical (unpaired) electrons. The van der Waals surface area contributed by atoms with Crippen molar-refractivity contribution in [1.29, 1.82) is 0 Å². The zero-order valence-electron chi connectivity index (χ0n) is 27.8. The summed E-state index contributed by atoms with van der Waals surface area (Å²) in [7, 11) is 2.02. The van der Waals surface area contributed by atoms with Gasteiger partial charge in [-0.15, -0.1) is 0 Å². The zero-order chi connectivity index (χ0) is 33.4. The van der Waals surface area contributed by atoms with Crippen molar-refractivity contribution in [2.45, 2.75) is 77.5 Å². The minimum atomic E-state index is -1.14. The Morgan fingerprint density at radius 2 is 1.33 bits per heavy atom. The van der Waals surface area contributed by atoms with Crippen molar-refractivity contribution in [2.24, 2.45) is 0 Å². The average molecular weight is 659 g/mol. The first-order valence-electron chi connectivity index (χ1n) is 14.9. The lowest BCUT2D eigenvalue weighted by Crippen LogP contribution is -2.22. The Bertz CT molecular complexity index is 1610. The van der Waals surface area contributed by atoms with Crippen LogP contribution in [-0.2, 0) is 27.5 Å². The van der Waals surface area contributed by atoms with E-state index in [1.54, 1.807) is 28.7 Å². The highest BCUT2D eigenvalue weighted by atomic mass is 28.3. The molecule has 0 aliphatic rings. The van der Waals surface area contributed by atoms with Gasteiger partial charge in [-0.3, -0.25) is 0 Å². The van der Waals surface area contributed by atoms with Gasteiger partial charge in [0.1, 0.15) is 18.2 Å². The second-order valence-electron chi connectivity index (χ2n) is 13.1. The summed E-state index contributed by atoms with van der Waals surface area (Å²) in [6.07, 6.45) is 5.08. The zero-order valence-corrected chi connectivity index (χ0v) is 29.8. The second kappa shape index (κ2) is 15.4. The van der Waals surface area contributed by atoms with E-state index in [2.05, 4.69) is 59.4 Å². The van der Waals surface area contributed by atoms with E-state index >= 15 is 0 Å². The highest BCUT2D eigenvalue weighted by Gasteiger charge is 2.21. The normalized spacial score (nSPS) is 11.8. The summed E-state index contributed by atoms with van der Waals surface area (Å²) in [5, 5.41) is 19.3. The van der Waals surface area contributed by atoms with Crippen LogP contribution in [0.5, 0.6) is 11.5 Å². The molecular formula is C30H46N6O7Si2. The molecule has 4 heterocycles. The van der Waals surface area contributed by atoms with Crippen molar-refractivity contribution in [1.82, 2.24) is 29.5 Å². The summed E-state index contributed by atoms with van der Waals surface area (Å²) < 4.78 is 23.7. The number of aryl methyl sites for hydroxylation is 1. The quantitative estimate of drug-likeness (QED) is 0.109. The topological polar surface area (TPSA) is 153 Å². The molecular weight excluding hydrogens is 613 g/mol. The third-order valence-corrected chi connectivity index (χ3v) is 10.4. The van der Waals surface area contributed by atoms with Crippen LogP contribution in [0.3, 0.4) is 0 Å². The number of aromatic nitrogens is 6. The van der Waals surface area contributed by atoms with Gasteiger partial charge in [0.2, 0.25) is 0 Å². The van der Waals surface area contributed by atoms with Crippen molar-refractivity contribution in [2.75, 3.05) is 27.9 Å². The third-order valence-electron chi connectivity index (χ3n) is 6.88. The number of carbonyl (C=O) groups is 2. The van der Waals surface area contributed by atoms with Crippen LogP contribution >= 0.6 is 0 Å². The van der Waals surface area contributed by atoms with Crippen molar-refractivity contribution >= 4 is 50.2 Å². The van der Waals surface area contributed by atoms with Crippen LogP contribution in [0.4, 0.5) is 0 Å². The average Bonchev–Trinajstić information content (AvgIpc) is 3.53. The molecule has 0 saturated heterocycles. The Kier molecular flexibility index (Phi) is 12.2. The fraction of sp³-hybridized carbons (Fsp3) is 0.533. The molecule has 4 aromatic rings. The summed E-state index contributed by atoms with van der Waals surface area (Å²) >= 11 is 0. The van der Waals surface area contributed by atoms with E-state index in [0.717, 1.165) is 18.9 Å². The molecule has 0 atom stereocenters. The molecule has 45 heavy (non-hydrogen) atoms. The molecule has 4 aromatic heterocycles. The van der Waals surface area contributed by atoms with Crippen LogP contribution in [-0.4, -0.2) is 90.7 Å². The molecule has 0 amide bonds. The lowest BCUT2D eigenvalue weighted by atomic mass is 10.2. The third kappa shape index (κ3) is 10.1. The van der Waals surface area contributed by atoms with Gasteiger partial charge in [-0.1, -0.05) is 51.7 Å². The number of hydrogen-bond donors (Lipinski definition) is 1. The van der Waals surface area contributed by atoms with E-state index in [-0.39, 0.29) is 23.9 Å². The minimum Gasteiger partial charge on any atom is -0.506 e. The summed E-state index contributed by atoms with van der Waals surface area (Å²) in [6, 6.07) is 5.56. The monoisotopic (exact) mass is 658 g/mol. The van der Waals surface area contributed by atoms with Crippen molar-refractivity contribution in [3.05, 3.63) is 35.9 Å². The van der Waals surface area contributed by atoms with Crippen molar-refractivity contribution in [3.63, 3.8) is 0 Å². The predicted molar refractivity (Wildman–Crippen MR) is 177 cm³/mol. The van der Waals surface area contributed by atoms with E-state index in [4.69, 9.17) is 18.9 Å². The smallest absolute Gasteiger partial charge is 0.359 e. The number of aromatic hydroxyl groups is 1. The molecule has 246 valence electrons. The second-order valence-corrected chi connectivity index (χ2v) is 24.3. The minimum absolute atomic E-state index is 0.0101. The van der Waals surface area contributed by atoms with E-state index in [9.17, 15) is 14.7 Å². The number of fused-ring (bicyclic) bond motifs is 2. The molecule has 0 saturated carbocycles. The maximum Gasteiger partial charge on any atom is 0.359 e. The number of hydrogen-bond acceptors (Lipinski definition) is 11. The van der Waals surface area contributed by atoms with Crippen LogP contribution in [0.2, 0.25) is 51.4 Å². The van der Waals surface area contributed by atoms with Crippen LogP contribution in [0.25, 0.3) is 22.1 Å². The van der Waals surface area contributed by atoms with E-state index < -0.39 is 28.1 Å². The van der Waals surface area contributed by atoms with Gasteiger partial charge in [0.15, 0.2) is 22.7 Å². The number of esters is 2. The van der Waals surface area contributed by atoms with Gasteiger partial charge in [-0.2, -0.15) is 10.2 Å². The maximum absolute atomic E-state index is 11.9. The lowest BCUT2D eigenvalue weighted by Gasteiger charge is -2.15. The summed E-state index contributed by atoms with van der Waals surface area (Å²) in [5.74, 6) is -0.457. The molecule has 0 fully saturated rings. The largest absolute Gasteiger partial charge is 0.506 e. The number of unbranched alkanes of at least 4 members (excludes halogenated alkanes) is 1. The number of pyridine rings is 2. The van der Waals surface area contributed by atoms with Gasteiger partial charge in [0.25, 0.3) is 0 Å². The molecule has 0 aliphatic heterocycles. The highest BCUT2D eigenvalue weighted by molar-refractivity contribution is 6.76. The first-order chi connectivity index (χ1) is 21.2. The molecule has 0 spiro atoms. The lowest BCUT2D eigenvalue weighted by molar-refractivity contribution is 0.0580. The number of nitrogens with zero attached hydrogens (tertiary/aromatic N) is 6. The Balaban J connectivity index is 0.000000246. The first-order valence-corrected chi connectivity index (χ1v) is 22.3. The molecule has 0 aromatic carbocycles. The SMILES string of the molecule is COC(=O)c1nn(CCCC[Si](C)(C)C)c2ncc(O)cc12.COC(=O)c1nn(COCC[Si](C)(C)C)c2ncc(OC)cc12. The van der Waals surface area contributed by atoms with Gasteiger partial charge in [-0.05, 0) is 24.6 Å². The first kappa shape index (κ1) is 35.7. The van der Waals surface area contributed by atoms with Crippen LogP contribution in [0.1, 0.15) is 33.8 Å². The standard InChI is InChI=1S/C15H23N3O4Si.C15H23N3O3Si/c1-20-11-8-12-13(15(19)21-2)17-18(14(12)16-9-11)10-22-6-7-23(3,4)5;1-21-15(20)13-12-9-11(19)10-16-14(12)18(17-13)7-5-6-8-22(2,3)4/h8-9H,6-7,10H2,1-5H3;9-10,19H,5-8H2,1-4H3. The fourth-order valence-electron chi connectivity index (χ4n) is 4.39. The molecule has 0 bridgehead atoms. The molecule has 1 N–H and O–H groups in total. The Morgan fingerprint density at radius 3 is 1.91 bits per heavy atom. The Labute approximate surface area is 265 Å². The Hall–Kier alpha value is -3.83. The van der Waals surface area contributed by atoms with E-state index in [1.165, 1.54) is 32.5 Å². The number of rotatable bonds is 13. The summed E-state index contributed by atoms with van der Waals surface area (Å²) in [6.45, 7) is 15.6. The van der Waals surface area contributed by atoms with Gasteiger partial charge in [0.05, 0.1) is 44.5 Å². The van der Waals surface area contributed by atoms with Crippen LogP contribution in [0.15, 0.2) is 24.5 Å². The van der Waals surface area contributed by atoms with Crippen LogP contribution < -0.4 is 4.74 Å². The summed E-state index contributed by atoms with van der Waals surface area (Å²) in [5.41, 5.74) is 1.58. The molecule has 0 aliphatic carbocycles. The van der Waals surface area contributed by atoms with E-state index in [1.807, 2.05) is 0 Å². The van der Waals surface area contributed by atoms with Gasteiger partial charge >= 0.3 is 11.9 Å². The van der Waals surface area contributed by atoms with Gasteiger partial charge in [0, 0.05) is 29.3 Å². The van der Waals surface area contributed by atoms with Crippen molar-refractivity contribution < 1.29 is 33.6 Å². The molecule has 0 unspecified atom stereocenters. The van der Waals surface area contributed by atoms with Gasteiger partial charge < -0.3 is 24.1 Å². The maximum atomic E-state index is 11.9. The van der Waals surface area contributed by atoms with Crippen molar-refractivity contribution in [3.8, 4) is 11.5 Å². The predicted octanol–water partition coefficient (Wildman–Crippen LogP) is 5.58. The highest BCUT2D eigenvalue weighted by Crippen LogP contribution is 2.24. The van der Waals surface area contributed by atoms with E-state index in [0.29, 0.717) is 41.0 Å². The molecule has 13 nitrogen and oxygen atoms in total. The number of ether oxygens (including phenoxy) is 4. The number of carbonyl (C=O) groups excluding carboxylic acids is 2.